The molecule has 0 atom stereocenters. The van der Waals surface area contributed by atoms with Crippen molar-refractivity contribution < 1.29 is 14.3 Å². The van der Waals surface area contributed by atoms with Crippen molar-refractivity contribution in [1.82, 2.24) is 0 Å². The Morgan fingerprint density at radius 3 is 2.33 bits per heavy atom. The van der Waals surface area contributed by atoms with E-state index in [-0.39, 0.29) is 5.91 Å². The van der Waals surface area contributed by atoms with Gasteiger partial charge in [0.1, 0.15) is 13.2 Å². The van der Waals surface area contributed by atoms with E-state index in [0.29, 0.717) is 30.4 Å². The molecule has 4 nitrogen and oxygen atoms in total. The zero-order valence-corrected chi connectivity index (χ0v) is 12.3. The van der Waals surface area contributed by atoms with Gasteiger partial charge in [0.25, 0.3) is 0 Å². The maximum atomic E-state index is 12.0. The number of fused-ring (bicyclic) bond motifs is 1. The Bertz CT molecular complexity index is 480. The van der Waals surface area contributed by atoms with Crippen molar-refractivity contribution in [1.29, 1.82) is 0 Å². The van der Waals surface area contributed by atoms with E-state index in [1.165, 1.54) is 0 Å². The fraction of sp³-hybridized carbons (Fsp3) is 0.462. The molecule has 0 radical (unpaired) electrons. The minimum atomic E-state index is -0.438. The molecule has 0 aromatic heterocycles. The lowest BCUT2D eigenvalue weighted by atomic mass is 9.95. The van der Waals surface area contributed by atoms with Gasteiger partial charge in [0, 0.05) is 22.0 Å². The zero-order valence-electron chi connectivity index (χ0n) is 10.7. The molecule has 0 saturated carbocycles. The number of benzene rings is 1. The molecular weight excluding hydrogens is 298 g/mol. The van der Waals surface area contributed by atoms with Crippen molar-refractivity contribution >= 4 is 27.5 Å². The lowest BCUT2D eigenvalue weighted by Gasteiger charge is -2.22. The lowest BCUT2D eigenvalue weighted by Crippen LogP contribution is -2.28. The number of hydrogen-bond acceptors (Lipinski definition) is 3. The SMILES string of the molecule is CC(C)(C)C(=O)Nc1cc2c(cc1Br)OCCO2. The Balaban J connectivity index is 2.26. The molecule has 2 rings (SSSR count). The topological polar surface area (TPSA) is 47.6 Å². The third kappa shape index (κ3) is 2.77. The predicted octanol–water partition coefficient (Wildman–Crippen LogP) is 3.20. The summed E-state index contributed by atoms with van der Waals surface area (Å²) in [6.07, 6.45) is 0. The summed E-state index contributed by atoms with van der Waals surface area (Å²) in [4.78, 5) is 12.0. The lowest BCUT2D eigenvalue weighted by molar-refractivity contribution is -0.123. The van der Waals surface area contributed by atoms with Gasteiger partial charge in [-0.1, -0.05) is 20.8 Å². The van der Waals surface area contributed by atoms with Crippen molar-refractivity contribution in [3.05, 3.63) is 16.6 Å². The largest absolute Gasteiger partial charge is 0.486 e. The number of nitrogens with one attached hydrogen (secondary N) is 1. The predicted molar refractivity (Wildman–Crippen MR) is 73.2 cm³/mol. The van der Waals surface area contributed by atoms with E-state index in [9.17, 15) is 4.79 Å². The highest BCUT2D eigenvalue weighted by Crippen LogP contribution is 2.38. The highest BCUT2D eigenvalue weighted by molar-refractivity contribution is 9.10. The molecule has 0 saturated heterocycles. The molecule has 1 aliphatic rings. The van der Waals surface area contributed by atoms with Gasteiger partial charge in [0.15, 0.2) is 11.5 Å². The third-order valence-corrected chi connectivity index (χ3v) is 3.22. The molecule has 1 amide bonds. The number of hydrogen-bond donors (Lipinski definition) is 1. The average molecular weight is 314 g/mol. The molecule has 5 heteroatoms. The number of anilines is 1. The first-order valence-electron chi connectivity index (χ1n) is 5.78. The molecule has 1 aromatic carbocycles. The molecule has 1 heterocycles. The van der Waals surface area contributed by atoms with Gasteiger partial charge in [-0.25, -0.2) is 0 Å². The van der Waals surface area contributed by atoms with Crippen LogP contribution >= 0.6 is 15.9 Å². The second-order valence-corrected chi connectivity index (χ2v) is 6.03. The highest BCUT2D eigenvalue weighted by Gasteiger charge is 2.23. The van der Waals surface area contributed by atoms with Crippen molar-refractivity contribution in [3.8, 4) is 11.5 Å². The summed E-state index contributed by atoms with van der Waals surface area (Å²) < 4.78 is 11.7. The molecule has 1 N–H and O–H groups in total. The first kappa shape index (κ1) is 13.2. The second kappa shape index (κ2) is 4.80. The summed E-state index contributed by atoms with van der Waals surface area (Å²) in [6.45, 7) is 6.69. The van der Waals surface area contributed by atoms with Crippen LogP contribution in [0.25, 0.3) is 0 Å². The molecule has 0 unspecified atom stereocenters. The summed E-state index contributed by atoms with van der Waals surface area (Å²) in [5.74, 6) is 1.32. The summed E-state index contributed by atoms with van der Waals surface area (Å²) in [7, 11) is 0. The monoisotopic (exact) mass is 313 g/mol. The second-order valence-electron chi connectivity index (χ2n) is 5.18. The molecule has 0 spiro atoms. The van der Waals surface area contributed by atoms with Crippen LogP contribution in [0.4, 0.5) is 5.69 Å². The van der Waals surface area contributed by atoms with Crippen LogP contribution in [-0.4, -0.2) is 19.1 Å². The molecule has 0 bridgehead atoms. The van der Waals surface area contributed by atoms with E-state index >= 15 is 0 Å². The van der Waals surface area contributed by atoms with Crippen molar-refractivity contribution in [2.45, 2.75) is 20.8 Å². The van der Waals surface area contributed by atoms with Gasteiger partial charge in [-0.05, 0) is 15.9 Å². The number of carbonyl (C=O) groups is 1. The first-order valence-corrected chi connectivity index (χ1v) is 6.58. The minimum Gasteiger partial charge on any atom is -0.486 e. The smallest absolute Gasteiger partial charge is 0.229 e. The molecule has 98 valence electrons. The van der Waals surface area contributed by atoms with E-state index < -0.39 is 5.41 Å². The van der Waals surface area contributed by atoms with Crippen molar-refractivity contribution in [3.63, 3.8) is 0 Å². The van der Waals surface area contributed by atoms with E-state index in [2.05, 4.69) is 21.2 Å². The van der Waals surface area contributed by atoms with E-state index in [1.807, 2.05) is 26.8 Å². The van der Waals surface area contributed by atoms with Crippen LogP contribution in [-0.2, 0) is 4.79 Å². The quantitative estimate of drug-likeness (QED) is 0.866. The maximum absolute atomic E-state index is 12.0. The fourth-order valence-corrected chi connectivity index (χ4v) is 1.89. The van der Waals surface area contributed by atoms with Crippen LogP contribution in [0.3, 0.4) is 0 Å². The fourth-order valence-electron chi connectivity index (χ4n) is 1.47. The van der Waals surface area contributed by atoms with Crippen LogP contribution in [0.15, 0.2) is 16.6 Å². The van der Waals surface area contributed by atoms with E-state index in [0.717, 1.165) is 4.47 Å². The van der Waals surface area contributed by atoms with Crippen LogP contribution in [0.1, 0.15) is 20.8 Å². The summed E-state index contributed by atoms with van der Waals surface area (Å²) in [5.41, 5.74) is 0.256. The number of ether oxygens (including phenoxy) is 2. The van der Waals surface area contributed by atoms with Gasteiger partial charge in [-0.2, -0.15) is 0 Å². The van der Waals surface area contributed by atoms with Gasteiger partial charge in [-0.15, -0.1) is 0 Å². The minimum absolute atomic E-state index is 0.0418. The van der Waals surface area contributed by atoms with Gasteiger partial charge < -0.3 is 14.8 Å². The summed E-state index contributed by atoms with van der Waals surface area (Å²) >= 11 is 3.42. The molecule has 0 aliphatic carbocycles. The first-order chi connectivity index (χ1) is 8.38. The zero-order chi connectivity index (χ0) is 13.3. The number of halogens is 1. The average Bonchev–Trinajstić information content (AvgIpc) is 2.28. The number of rotatable bonds is 1. The Kier molecular flexibility index (Phi) is 3.52. The van der Waals surface area contributed by atoms with Crippen LogP contribution in [0.2, 0.25) is 0 Å². The van der Waals surface area contributed by atoms with Gasteiger partial charge in [0.05, 0.1) is 5.69 Å². The normalized spacial score (nSPS) is 14.2. The Labute approximate surface area is 115 Å². The number of carbonyl (C=O) groups excluding carboxylic acids is 1. The Morgan fingerprint density at radius 2 is 1.78 bits per heavy atom. The molecule has 18 heavy (non-hydrogen) atoms. The van der Waals surface area contributed by atoms with Crippen molar-refractivity contribution in [2.24, 2.45) is 5.41 Å². The molecule has 0 fully saturated rings. The maximum Gasteiger partial charge on any atom is 0.229 e. The van der Waals surface area contributed by atoms with Gasteiger partial charge in [0.2, 0.25) is 5.91 Å². The van der Waals surface area contributed by atoms with Crippen molar-refractivity contribution in [2.75, 3.05) is 18.5 Å². The molecule has 1 aromatic rings. The Morgan fingerprint density at radius 1 is 1.22 bits per heavy atom. The summed E-state index contributed by atoms with van der Waals surface area (Å²) in [6, 6.07) is 3.59. The molecule has 1 aliphatic heterocycles. The van der Waals surface area contributed by atoms with Crippen LogP contribution in [0, 0.1) is 5.41 Å². The number of amides is 1. The van der Waals surface area contributed by atoms with Crippen LogP contribution < -0.4 is 14.8 Å². The van der Waals surface area contributed by atoms with E-state index in [4.69, 9.17) is 9.47 Å². The van der Waals surface area contributed by atoms with E-state index in [1.54, 1.807) is 6.07 Å². The highest BCUT2D eigenvalue weighted by atomic mass is 79.9. The summed E-state index contributed by atoms with van der Waals surface area (Å²) in [5, 5.41) is 2.88. The van der Waals surface area contributed by atoms with Gasteiger partial charge >= 0.3 is 0 Å². The molecular formula is C13H16BrNO3. The third-order valence-electron chi connectivity index (χ3n) is 2.56. The Hall–Kier alpha value is -1.23. The standard InChI is InChI=1S/C13H16BrNO3/c1-13(2,3)12(16)15-9-7-11-10(6-8(9)14)17-4-5-18-11/h6-7H,4-5H2,1-3H3,(H,15,16). The van der Waals surface area contributed by atoms with Gasteiger partial charge in [-0.3, -0.25) is 4.79 Å². The van der Waals surface area contributed by atoms with Crippen LogP contribution in [0.5, 0.6) is 11.5 Å².